The maximum Gasteiger partial charge on any atom is 0.161 e. The van der Waals surface area contributed by atoms with Crippen molar-refractivity contribution in [2.24, 2.45) is 5.41 Å². The van der Waals surface area contributed by atoms with Gasteiger partial charge in [-0.15, -0.1) is 0 Å². The molecule has 18 heavy (non-hydrogen) atoms. The van der Waals surface area contributed by atoms with Crippen LogP contribution in [0.3, 0.4) is 0 Å². The van der Waals surface area contributed by atoms with Crippen molar-refractivity contribution in [1.82, 2.24) is 5.32 Å². The minimum atomic E-state index is 0.522. The Labute approximate surface area is 108 Å². The van der Waals surface area contributed by atoms with E-state index in [0.29, 0.717) is 24.7 Å². The number of fused-ring (bicyclic) bond motifs is 1. The first-order valence-corrected chi connectivity index (χ1v) is 6.79. The lowest BCUT2D eigenvalue weighted by molar-refractivity contribution is 0.171. The Bertz CT molecular complexity index is 440. The molecule has 0 bridgehead atoms. The molecule has 0 radical (unpaired) electrons. The van der Waals surface area contributed by atoms with E-state index in [4.69, 9.17) is 9.47 Å². The minimum Gasteiger partial charge on any atom is -0.486 e. The van der Waals surface area contributed by atoms with Gasteiger partial charge in [0.25, 0.3) is 0 Å². The molecule has 3 nitrogen and oxygen atoms in total. The van der Waals surface area contributed by atoms with E-state index in [1.54, 1.807) is 0 Å². The summed E-state index contributed by atoms with van der Waals surface area (Å²) in [5, 5.41) is 3.61. The first-order chi connectivity index (χ1) is 8.67. The number of ether oxygens (including phenoxy) is 2. The van der Waals surface area contributed by atoms with E-state index in [2.05, 4.69) is 31.3 Å². The van der Waals surface area contributed by atoms with Crippen LogP contribution in [0.1, 0.15) is 32.3 Å². The number of nitrogens with one attached hydrogen (secondary N) is 1. The average molecular weight is 247 g/mol. The van der Waals surface area contributed by atoms with Gasteiger partial charge in [0.2, 0.25) is 0 Å². The van der Waals surface area contributed by atoms with Crippen molar-refractivity contribution in [3.05, 3.63) is 23.8 Å². The summed E-state index contributed by atoms with van der Waals surface area (Å²) in [5.74, 6) is 1.75. The SMILES string of the molecule is CC(NCc1ccc2c(c1)OCCO2)C1(C)CC1. The van der Waals surface area contributed by atoms with Crippen molar-refractivity contribution in [3.8, 4) is 11.5 Å². The first-order valence-electron chi connectivity index (χ1n) is 6.79. The molecule has 98 valence electrons. The zero-order valence-corrected chi connectivity index (χ0v) is 11.2. The third-order valence-electron chi connectivity index (χ3n) is 4.30. The van der Waals surface area contributed by atoms with Gasteiger partial charge in [0.15, 0.2) is 11.5 Å². The van der Waals surface area contributed by atoms with Gasteiger partial charge in [-0.05, 0) is 42.9 Å². The molecule has 0 spiro atoms. The fraction of sp³-hybridized carbons (Fsp3) is 0.600. The van der Waals surface area contributed by atoms with Crippen LogP contribution >= 0.6 is 0 Å². The van der Waals surface area contributed by atoms with Gasteiger partial charge in [0.1, 0.15) is 13.2 Å². The molecule has 1 saturated carbocycles. The molecule has 0 amide bonds. The molecule has 3 rings (SSSR count). The Kier molecular flexibility index (Phi) is 2.94. The van der Waals surface area contributed by atoms with Crippen LogP contribution in [-0.2, 0) is 6.54 Å². The molecule has 1 aliphatic heterocycles. The lowest BCUT2D eigenvalue weighted by Gasteiger charge is -2.22. The van der Waals surface area contributed by atoms with Crippen LogP contribution < -0.4 is 14.8 Å². The van der Waals surface area contributed by atoms with Gasteiger partial charge >= 0.3 is 0 Å². The van der Waals surface area contributed by atoms with Crippen LogP contribution in [-0.4, -0.2) is 19.3 Å². The normalized spacial score (nSPS) is 21.4. The fourth-order valence-corrected chi connectivity index (χ4v) is 2.35. The highest BCUT2D eigenvalue weighted by Crippen LogP contribution is 2.48. The van der Waals surface area contributed by atoms with Crippen molar-refractivity contribution in [1.29, 1.82) is 0 Å². The van der Waals surface area contributed by atoms with Crippen LogP contribution in [0, 0.1) is 5.41 Å². The van der Waals surface area contributed by atoms with Crippen molar-refractivity contribution in [2.75, 3.05) is 13.2 Å². The highest BCUT2D eigenvalue weighted by molar-refractivity contribution is 5.43. The van der Waals surface area contributed by atoms with Crippen LogP contribution in [0.15, 0.2) is 18.2 Å². The second kappa shape index (κ2) is 4.47. The van der Waals surface area contributed by atoms with Crippen molar-refractivity contribution in [2.45, 2.75) is 39.3 Å². The van der Waals surface area contributed by atoms with Gasteiger partial charge < -0.3 is 14.8 Å². The van der Waals surface area contributed by atoms with Crippen LogP contribution in [0.2, 0.25) is 0 Å². The topological polar surface area (TPSA) is 30.5 Å². The monoisotopic (exact) mass is 247 g/mol. The van der Waals surface area contributed by atoms with E-state index in [9.17, 15) is 0 Å². The number of rotatable bonds is 4. The molecule has 1 aliphatic carbocycles. The summed E-state index contributed by atoms with van der Waals surface area (Å²) in [6.45, 7) is 6.84. The minimum absolute atomic E-state index is 0.522. The summed E-state index contributed by atoms with van der Waals surface area (Å²) < 4.78 is 11.1. The third-order valence-corrected chi connectivity index (χ3v) is 4.30. The Hall–Kier alpha value is -1.22. The summed E-state index contributed by atoms with van der Waals surface area (Å²) in [5.41, 5.74) is 1.78. The van der Waals surface area contributed by atoms with E-state index in [0.717, 1.165) is 18.0 Å². The Balaban J connectivity index is 1.62. The molecule has 1 heterocycles. The Morgan fingerprint density at radius 2 is 1.94 bits per heavy atom. The van der Waals surface area contributed by atoms with Gasteiger partial charge in [0, 0.05) is 12.6 Å². The van der Waals surface area contributed by atoms with E-state index < -0.39 is 0 Å². The molecular formula is C15H21NO2. The van der Waals surface area contributed by atoms with Gasteiger partial charge in [0.05, 0.1) is 0 Å². The molecule has 1 unspecified atom stereocenters. The number of hydrogen-bond donors (Lipinski definition) is 1. The van der Waals surface area contributed by atoms with Crippen molar-refractivity contribution < 1.29 is 9.47 Å². The van der Waals surface area contributed by atoms with Crippen LogP contribution in [0.25, 0.3) is 0 Å². The van der Waals surface area contributed by atoms with Crippen LogP contribution in [0.4, 0.5) is 0 Å². The van der Waals surface area contributed by atoms with Crippen LogP contribution in [0.5, 0.6) is 11.5 Å². The number of benzene rings is 1. The van der Waals surface area contributed by atoms with E-state index >= 15 is 0 Å². The summed E-state index contributed by atoms with van der Waals surface area (Å²) >= 11 is 0. The molecule has 0 saturated heterocycles. The lowest BCUT2D eigenvalue weighted by atomic mass is 10.0. The fourth-order valence-electron chi connectivity index (χ4n) is 2.35. The average Bonchev–Trinajstić information content (AvgIpc) is 3.15. The third kappa shape index (κ3) is 2.32. The zero-order valence-electron chi connectivity index (χ0n) is 11.2. The molecule has 0 aromatic heterocycles. The molecule has 1 aromatic carbocycles. The predicted molar refractivity (Wildman–Crippen MR) is 71.1 cm³/mol. The van der Waals surface area contributed by atoms with Crippen molar-refractivity contribution >= 4 is 0 Å². The quantitative estimate of drug-likeness (QED) is 0.887. The highest BCUT2D eigenvalue weighted by atomic mass is 16.6. The molecule has 2 aliphatic rings. The van der Waals surface area contributed by atoms with Gasteiger partial charge in [-0.25, -0.2) is 0 Å². The summed E-state index contributed by atoms with van der Waals surface area (Å²) in [4.78, 5) is 0. The van der Waals surface area contributed by atoms with E-state index in [1.807, 2.05) is 6.07 Å². The highest BCUT2D eigenvalue weighted by Gasteiger charge is 2.42. The molecule has 1 fully saturated rings. The van der Waals surface area contributed by atoms with Gasteiger partial charge in [-0.3, -0.25) is 0 Å². The Morgan fingerprint density at radius 1 is 1.22 bits per heavy atom. The predicted octanol–water partition coefficient (Wildman–Crippen LogP) is 2.74. The molecule has 1 atom stereocenters. The molecular weight excluding hydrogens is 226 g/mol. The molecule has 1 aromatic rings. The summed E-state index contributed by atoms with van der Waals surface area (Å²) in [6, 6.07) is 6.78. The second-order valence-corrected chi connectivity index (χ2v) is 5.73. The van der Waals surface area contributed by atoms with E-state index in [1.165, 1.54) is 18.4 Å². The second-order valence-electron chi connectivity index (χ2n) is 5.73. The standard InChI is InChI=1S/C15H21NO2/c1-11(15(2)5-6-15)16-10-12-3-4-13-14(9-12)18-8-7-17-13/h3-4,9,11,16H,5-8,10H2,1-2H3. The maximum absolute atomic E-state index is 5.60. The van der Waals surface area contributed by atoms with Gasteiger partial charge in [-0.2, -0.15) is 0 Å². The van der Waals surface area contributed by atoms with Crippen molar-refractivity contribution in [3.63, 3.8) is 0 Å². The first kappa shape index (κ1) is 11.8. The Morgan fingerprint density at radius 3 is 2.67 bits per heavy atom. The van der Waals surface area contributed by atoms with Gasteiger partial charge in [-0.1, -0.05) is 13.0 Å². The largest absolute Gasteiger partial charge is 0.486 e. The van der Waals surface area contributed by atoms with E-state index in [-0.39, 0.29) is 0 Å². The summed E-state index contributed by atoms with van der Waals surface area (Å²) in [7, 11) is 0. The zero-order chi connectivity index (χ0) is 12.6. The molecule has 1 N–H and O–H groups in total. The number of hydrogen-bond acceptors (Lipinski definition) is 3. The summed E-state index contributed by atoms with van der Waals surface area (Å²) in [6.07, 6.45) is 2.70. The molecule has 3 heteroatoms. The lowest BCUT2D eigenvalue weighted by Crippen LogP contribution is -2.32. The maximum atomic E-state index is 5.60. The smallest absolute Gasteiger partial charge is 0.161 e.